The molecule has 1 heterocycles. The molecule has 1 N–H and O–H groups in total. The van der Waals surface area contributed by atoms with Crippen molar-refractivity contribution in [1.82, 2.24) is 4.90 Å². The van der Waals surface area contributed by atoms with Gasteiger partial charge in [0.15, 0.2) is 0 Å². The fourth-order valence-electron chi connectivity index (χ4n) is 3.39. The van der Waals surface area contributed by atoms with Crippen LogP contribution in [0.25, 0.3) is 0 Å². The minimum atomic E-state index is -0.189. The predicted octanol–water partition coefficient (Wildman–Crippen LogP) is 0.641. The van der Waals surface area contributed by atoms with Crippen LogP contribution in [0.5, 0.6) is 0 Å². The molecule has 0 aromatic rings. The van der Waals surface area contributed by atoms with Gasteiger partial charge in [0.25, 0.3) is 0 Å². The Hall–Kier alpha value is -0.610. The van der Waals surface area contributed by atoms with Crippen molar-refractivity contribution >= 4 is 5.91 Å². The molecule has 3 fully saturated rings. The average Bonchev–Trinajstić information content (AvgIpc) is 2.96. The van der Waals surface area contributed by atoms with Crippen LogP contribution in [0, 0.1) is 17.8 Å². The summed E-state index contributed by atoms with van der Waals surface area (Å²) in [6.45, 7) is 3.15. The standard InChI is InChI=1S/C13H21NO3/c1-8-7-17-12(6-15)5-14(8)13(16)11-3-9-2-10(9)4-11/h8-12,15H,2-7H2,1H3. The van der Waals surface area contributed by atoms with E-state index in [9.17, 15) is 4.79 Å². The second-order valence-corrected chi connectivity index (χ2v) is 5.90. The SMILES string of the molecule is CC1COC(CO)CN1C(=O)C1CC2CC2C1. The molecular weight excluding hydrogens is 218 g/mol. The maximum atomic E-state index is 12.4. The number of hydrogen-bond donors (Lipinski definition) is 1. The molecule has 3 rings (SSSR count). The van der Waals surface area contributed by atoms with Gasteiger partial charge in [-0.2, -0.15) is 0 Å². The van der Waals surface area contributed by atoms with Gasteiger partial charge in [-0.3, -0.25) is 4.79 Å². The summed E-state index contributed by atoms with van der Waals surface area (Å²) >= 11 is 0. The highest BCUT2D eigenvalue weighted by molar-refractivity contribution is 5.80. The maximum Gasteiger partial charge on any atom is 0.226 e. The number of aliphatic hydroxyl groups is 1. The Morgan fingerprint density at radius 3 is 2.71 bits per heavy atom. The van der Waals surface area contributed by atoms with Gasteiger partial charge in [-0.05, 0) is 38.0 Å². The molecule has 17 heavy (non-hydrogen) atoms. The number of ether oxygens (including phenoxy) is 1. The van der Waals surface area contributed by atoms with Gasteiger partial charge in [0, 0.05) is 12.5 Å². The first-order chi connectivity index (χ1) is 8.19. The summed E-state index contributed by atoms with van der Waals surface area (Å²) in [6.07, 6.45) is 3.35. The van der Waals surface area contributed by atoms with Gasteiger partial charge < -0.3 is 14.7 Å². The van der Waals surface area contributed by atoms with Crippen LogP contribution in [0.1, 0.15) is 26.2 Å². The Labute approximate surface area is 102 Å². The molecule has 4 heteroatoms. The van der Waals surface area contributed by atoms with E-state index < -0.39 is 0 Å². The summed E-state index contributed by atoms with van der Waals surface area (Å²) < 4.78 is 5.47. The van der Waals surface area contributed by atoms with Crippen LogP contribution in [-0.4, -0.2) is 47.8 Å². The lowest BCUT2D eigenvalue weighted by atomic mass is 10.00. The second kappa shape index (κ2) is 4.25. The van der Waals surface area contributed by atoms with Crippen molar-refractivity contribution in [2.24, 2.45) is 17.8 Å². The molecule has 96 valence electrons. The van der Waals surface area contributed by atoms with E-state index in [0.717, 1.165) is 24.7 Å². The minimum absolute atomic E-state index is 0.00637. The van der Waals surface area contributed by atoms with Crippen molar-refractivity contribution in [2.45, 2.75) is 38.3 Å². The number of fused-ring (bicyclic) bond motifs is 1. The topological polar surface area (TPSA) is 49.8 Å². The minimum Gasteiger partial charge on any atom is -0.394 e. The first kappa shape index (κ1) is 11.5. The van der Waals surface area contributed by atoms with E-state index in [4.69, 9.17) is 9.84 Å². The lowest BCUT2D eigenvalue weighted by Crippen LogP contribution is -2.53. The van der Waals surface area contributed by atoms with Gasteiger partial charge in [-0.1, -0.05) is 0 Å². The monoisotopic (exact) mass is 239 g/mol. The fraction of sp³-hybridized carbons (Fsp3) is 0.923. The normalized spacial score (nSPS) is 44.6. The molecule has 0 aromatic heterocycles. The van der Waals surface area contributed by atoms with Crippen LogP contribution in [0.3, 0.4) is 0 Å². The molecule has 1 amide bonds. The van der Waals surface area contributed by atoms with E-state index in [1.807, 2.05) is 11.8 Å². The first-order valence-electron chi connectivity index (χ1n) is 6.72. The summed E-state index contributed by atoms with van der Waals surface area (Å²) in [5.41, 5.74) is 0. The molecular formula is C13H21NO3. The Morgan fingerprint density at radius 2 is 2.06 bits per heavy atom. The van der Waals surface area contributed by atoms with E-state index in [0.29, 0.717) is 19.1 Å². The summed E-state index contributed by atoms with van der Waals surface area (Å²) in [6, 6.07) is 0.155. The number of carbonyl (C=O) groups is 1. The third kappa shape index (κ3) is 2.08. The molecule has 0 spiro atoms. The molecule has 3 aliphatic rings. The van der Waals surface area contributed by atoms with Crippen LogP contribution in [0.4, 0.5) is 0 Å². The zero-order valence-electron chi connectivity index (χ0n) is 10.3. The van der Waals surface area contributed by atoms with Crippen molar-refractivity contribution in [1.29, 1.82) is 0 Å². The lowest BCUT2D eigenvalue weighted by molar-refractivity contribution is -0.150. The highest BCUT2D eigenvalue weighted by Gasteiger charge is 2.49. The van der Waals surface area contributed by atoms with Crippen molar-refractivity contribution in [3.8, 4) is 0 Å². The number of amides is 1. The Morgan fingerprint density at radius 1 is 1.35 bits per heavy atom. The second-order valence-electron chi connectivity index (χ2n) is 5.90. The van der Waals surface area contributed by atoms with Crippen LogP contribution in [0.15, 0.2) is 0 Å². The van der Waals surface area contributed by atoms with E-state index in [1.165, 1.54) is 6.42 Å². The predicted molar refractivity (Wildman–Crippen MR) is 62.3 cm³/mol. The molecule has 2 saturated carbocycles. The zero-order chi connectivity index (χ0) is 12.0. The highest BCUT2D eigenvalue weighted by Crippen LogP contribution is 2.54. The third-order valence-corrected chi connectivity index (χ3v) is 4.59. The third-order valence-electron chi connectivity index (χ3n) is 4.59. The molecule has 2 aliphatic carbocycles. The number of rotatable bonds is 2. The van der Waals surface area contributed by atoms with Crippen molar-refractivity contribution in [3.63, 3.8) is 0 Å². The number of carbonyl (C=O) groups excluding carboxylic acids is 1. The molecule has 0 aromatic carbocycles. The molecule has 0 radical (unpaired) electrons. The molecule has 4 nitrogen and oxygen atoms in total. The first-order valence-corrected chi connectivity index (χ1v) is 6.72. The maximum absolute atomic E-state index is 12.4. The van der Waals surface area contributed by atoms with Crippen molar-refractivity contribution < 1.29 is 14.6 Å². The molecule has 0 bridgehead atoms. The van der Waals surface area contributed by atoms with Gasteiger partial charge in [0.05, 0.1) is 25.4 Å². The summed E-state index contributed by atoms with van der Waals surface area (Å²) in [5, 5.41) is 9.13. The Bertz CT molecular complexity index is 310. The Balaban J connectivity index is 1.62. The van der Waals surface area contributed by atoms with E-state index in [1.54, 1.807) is 0 Å². The molecule has 1 saturated heterocycles. The van der Waals surface area contributed by atoms with Gasteiger partial charge in [-0.25, -0.2) is 0 Å². The number of nitrogens with zero attached hydrogens (tertiary/aromatic N) is 1. The molecule has 4 unspecified atom stereocenters. The highest BCUT2D eigenvalue weighted by atomic mass is 16.5. The quantitative estimate of drug-likeness (QED) is 0.769. The van der Waals surface area contributed by atoms with E-state index in [-0.39, 0.29) is 24.7 Å². The average molecular weight is 239 g/mol. The lowest BCUT2D eigenvalue weighted by Gasteiger charge is -2.39. The molecule has 1 aliphatic heterocycles. The van der Waals surface area contributed by atoms with Crippen molar-refractivity contribution in [3.05, 3.63) is 0 Å². The van der Waals surface area contributed by atoms with Gasteiger partial charge in [-0.15, -0.1) is 0 Å². The van der Waals surface area contributed by atoms with Crippen LogP contribution in [0.2, 0.25) is 0 Å². The van der Waals surface area contributed by atoms with Crippen LogP contribution >= 0.6 is 0 Å². The van der Waals surface area contributed by atoms with E-state index >= 15 is 0 Å². The number of hydrogen-bond acceptors (Lipinski definition) is 3. The van der Waals surface area contributed by atoms with E-state index in [2.05, 4.69) is 0 Å². The summed E-state index contributed by atoms with van der Waals surface area (Å²) in [7, 11) is 0. The van der Waals surface area contributed by atoms with Gasteiger partial charge >= 0.3 is 0 Å². The zero-order valence-corrected chi connectivity index (χ0v) is 10.3. The van der Waals surface area contributed by atoms with Crippen LogP contribution < -0.4 is 0 Å². The largest absolute Gasteiger partial charge is 0.394 e. The number of morpholine rings is 1. The summed E-state index contributed by atoms with van der Waals surface area (Å²) in [4.78, 5) is 14.4. The Kier molecular flexibility index (Phi) is 2.87. The number of aliphatic hydroxyl groups excluding tert-OH is 1. The summed E-state index contributed by atoms with van der Waals surface area (Å²) in [5.74, 6) is 2.23. The van der Waals surface area contributed by atoms with Gasteiger partial charge in [0.2, 0.25) is 5.91 Å². The van der Waals surface area contributed by atoms with Crippen molar-refractivity contribution in [2.75, 3.05) is 19.8 Å². The van der Waals surface area contributed by atoms with Crippen LogP contribution in [-0.2, 0) is 9.53 Å². The van der Waals surface area contributed by atoms with Gasteiger partial charge in [0.1, 0.15) is 0 Å². The smallest absolute Gasteiger partial charge is 0.226 e. The molecule has 4 atom stereocenters. The fourth-order valence-corrected chi connectivity index (χ4v) is 3.39.